The van der Waals surface area contributed by atoms with Gasteiger partial charge in [-0.25, -0.2) is 12.8 Å². The van der Waals surface area contributed by atoms with Crippen molar-refractivity contribution in [2.75, 3.05) is 23.0 Å². The first-order chi connectivity index (χ1) is 7.47. The summed E-state index contributed by atoms with van der Waals surface area (Å²) in [6.07, 6.45) is 0. The van der Waals surface area contributed by atoms with E-state index in [1.807, 2.05) is 6.92 Å². The lowest BCUT2D eigenvalue weighted by molar-refractivity contribution is 0.593. The number of anilines is 1. The summed E-state index contributed by atoms with van der Waals surface area (Å²) in [5.41, 5.74) is 5.24. The van der Waals surface area contributed by atoms with Gasteiger partial charge in [-0.15, -0.1) is 0 Å². The van der Waals surface area contributed by atoms with Crippen LogP contribution in [0.15, 0.2) is 23.1 Å². The molecule has 0 aliphatic heterocycles. The third-order valence-corrected chi connectivity index (χ3v) is 4.90. The molecule has 0 atom stereocenters. The molecule has 0 amide bonds. The molecule has 3 nitrogen and oxygen atoms in total. The minimum absolute atomic E-state index is 0.00379. The smallest absolute Gasteiger partial charge is 0.179 e. The second-order valence-corrected chi connectivity index (χ2v) is 6.70. The molecule has 0 unspecified atom stereocenters. The zero-order valence-corrected chi connectivity index (χ0v) is 10.6. The van der Waals surface area contributed by atoms with Crippen LogP contribution < -0.4 is 5.73 Å². The number of sulfone groups is 1. The van der Waals surface area contributed by atoms with Crippen molar-refractivity contribution >= 4 is 27.3 Å². The van der Waals surface area contributed by atoms with Gasteiger partial charge in [-0.2, -0.15) is 11.8 Å². The van der Waals surface area contributed by atoms with Gasteiger partial charge >= 0.3 is 0 Å². The molecular formula is C10H14FNO2S2. The molecule has 1 rings (SSSR count). The fourth-order valence-electron chi connectivity index (χ4n) is 1.13. The van der Waals surface area contributed by atoms with E-state index in [-0.39, 0.29) is 16.3 Å². The summed E-state index contributed by atoms with van der Waals surface area (Å²) in [7, 11) is -3.39. The van der Waals surface area contributed by atoms with Crippen LogP contribution in [0.25, 0.3) is 0 Å². The molecule has 0 heterocycles. The molecule has 1 aromatic rings. The Morgan fingerprint density at radius 2 is 2.12 bits per heavy atom. The second-order valence-electron chi connectivity index (χ2n) is 3.20. The Balaban J connectivity index is 2.86. The first-order valence-corrected chi connectivity index (χ1v) is 7.63. The number of thioether (sulfide) groups is 1. The molecule has 0 aliphatic carbocycles. The van der Waals surface area contributed by atoms with Gasteiger partial charge in [0.05, 0.1) is 16.3 Å². The topological polar surface area (TPSA) is 60.2 Å². The maximum absolute atomic E-state index is 13.1. The molecule has 90 valence electrons. The Labute approximate surface area is 99.1 Å². The van der Waals surface area contributed by atoms with E-state index in [0.717, 1.165) is 11.8 Å². The predicted octanol–water partition coefficient (Wildman–Crippen LogP) is 1.93. The number of nitrogen functional groups attached to an aromatic ring is 1. The molecule has 0 radical (unpaired) electrons. The van der Waals surface area contributed by atoms with Gasteiger partial charge in [-0.1, -0.05) is 6.92 Å². The van der Waals surface area contributed by atoms with Crippen molar-refractivity contribution in [3.8, 4) is 0 Å². The molecule has 0 spiro atoms. The fourth-order valence-corrected chi connectivity index (χ4v) is 3.56. The summed E-state index contributed by atoms with van der Waals surface area (Å²) >= 11 is 1.54. The van der Waals surface area contributed by atoms with E-state index in [1.165, 1.54) is 23.9 Å². The van der Waals surface area contributed by atoms with Gasteiger partial charge in [0.1, 0.15) is 5.82 Å². The van der Waals surface area contributed by atoms with Crippen LogP contribution in [0, 0.1) is 5.82 Å². The highest BCUT2D eigenvalue weighted by atomic mass is 32.2. The highest BCUT2D eigenvalue weighted by Crippen LogP contribution is 2.18. The average molecular weight is 263 g/mol. The Hall–Kier alpha value is -0.750. The van der Waals surface area contributed by atoms with Crippen molar-refractivity contribution in [2.45, 2.75) is 11.8 Å². The first kappa shape index (κ1) is 13.3. The summed E-state index contributed by atoms with van der Waals surface area (Å²) < 4.78 is 36.6. The van der Waals surface area contributed by atoms with Gasteiger partial charge in [0, 0.05) is 5.75 Å². The van der Waals surface area contributed by atoms with Crippen LogP contribution in [0.2, 0.25) is 0 Å². The number of rotatable bonds is 5. The molecule has 2 N–H and O–H groups in total. The summed E-state index contributed by atoms with van der Waals surface area (Å²) in [5.74, 6) is 0.718. The van der Waals surface area contributed by atoms with Gasteiger partial charge in [0.25, 0.3) is 0 Å². The van der Waals surface area contributed by atoms with E-state index < -0.39 is 15.7 Å². The first-order valence-electron chi connectivity index (χ1n) is 4.83. The third-order valence-electron chi connectivity index (χ3n) is 2.03. The van der Waals surface area contributed by atoms with Gasteiger partial charge in [-0.05, 0) is 24.0 Å². The fraction of sp³-hybridized carbons (Fsp3) is 0.400. The van der Waals surface area contributed by atoms with Crippen molar-refractivity contribution in [3.63, 3.8) is 0 Å². The lowest BCUT2D eigenvalue weighted by Crippen LogP contribution is -2.09. The van der Waals surface area contributed by atoms with Crippen molar-refractivity contribution in [2.24, 2.45) is 0 Å². The van der Waals surface area contributed by atoms with Crippen LogP contribution in [-0.4, -0.2) is 25.7 Å². The molecule has 0 aliphatic rings. The molecule has 6 heteroatoms. The number of hydrogen-bond donors (Lipinski definition) is 1. The molecule has 0 bridgehead atoms. The Morgan fingerprint density at radius 3 is 2.69 bits per heavy atom. The molecular weight excluding hydrogens is 249 g/mol. The molecule has 0 saturated carbocycles. The lowest BCUT2D eigenvalue weighted by atomic mass is 10.3. The van der Waals surface area contributed by atoms with Crippen molar-refractivity contribution in [1.29, 1.82) is 0 Å². The molecule has 0 fully saturated rings. The normalized spacial score (nSPS) is 11.6. The average Bonchev–Trinajstić information content (AvgIpc) is 2.22. The summed E-state index contributed by atoms with van der Waals surface area (Å²) in [4.78, 5) is -0.00379. The Morgan fingerprint density at radius 1 is 1.44 bits per heavy atom. The summed E-state index contributed by atoms with van der Waals surface area (Å²) in [6.45, 7) is 1.96. The van der Waals surface area contributed by atoms with Gasteiger partial charge in [-0.3, -0.25) is 0 Å². The highest BCUT2D eigenvalue weighted by Gasteiger charge is 2.15. The second kappa shape index (κ2) is 5.54. The lowest BCUT2D eigenvalue weighted by Gasteiger charge is -2.05. The minimum Gasteiger partial charge on any atom is -0.396 e. The molecule has 16 heavy (non-hydrogen) atoms. The van der Waals surface area contributed by atoms with E-state index in [2.05, 4.69) is 0 Å². The van der Waals surface area contributed by atoms with Crippen LogP contribution >= 0.6 is 11.8 Å². The van der Waals surface area contributed by atoms with E-state index >= 15 is 0 Å². The zero-order chi connectivity index (χ0) is 12.2. The van der Waals surface area contributed by atoms with Crippen molar-refractivity contribution in [1.82, 2.24) is 0 Å². The van der Waals surface area contributed by atoms with Crippen LogP contribution in [0.3, 0.4) is 0 Å². The SMILES string of the molecule is CCSCCS(=O)(=O)c1ccc(N)c(F)c1. The van der Waals surface area contributed by atoms with E-state index in [4.69, 9.17) is 5.73 Å². The molecule has 1 aromatic carbocycles. The minimum atomic E-state index is -3.39. The predicted molar refractivity (Wildman–Crippen MR) is 65.9 cm³/mol. The zero-order valence-electron chi connectivity index (χ0n) is 8.94. The third kappa shape index (κ3) is 3.38. The van der Waals surface area contributed by atoms with Crippen LogP contribution in [0.4, 0.5) is 10.1 Å². The quantitative estimate of drug-likeness (QED) is 0.651. The maximum atomic E-state index is 13.1. The van der Waals surface area contributed by atoms with E-state index in [1.54, 1.807) is 0 Å². The maximum Gasteiger partial charge on any atom is 0.179 e. The monoisotopic (exact) mass is 263 g/mol. The van der Waals surface area contributed by atoms with E-state index in [0.29, 0.717) is 5.75 Å². The molecule has 0 saturated heterocycles. The van der Waals surface area contributed by atoms with Gasteiger partial charge < -0.3 is 5.73 Å². The van der Waals surface area contributed by atoms with Crippen LogP contribution in [0.5, 0.6) is 0 Å². The van der Waals surface area contributed by atoms with Crippen LogP contribution in [0.1, 0.15) is 6.92 Å². The van der Waals surface area contributed by atoms with Crippen molar-refractivity contribution in [3.05, 3.63) is 24.0 Å². The number of halogens is 1. The number of nitrogens with two attached hydrogens (primary N) is 1. The summed E-state index contributed by atoms with van der Waals surface area (Å²) in [6, 6.07) is 3.58. The number of hydrogen-bond acceptors (Lipinski definition) is 4. The largest absolute Gasteiger partial charge is 0.396 e. The highest BCUT2D eigenvalue weighted by molar-refractivity contribution is 8.00. The van der Waals surface area contributed by atoms with Crippen molar-refractivity contribution < 1.29 is 12.8 Å². The standard InChI is InChI=1S/C10H14FNO2S2/c1-2-15-5-6-16(13,14)8-3-4-10(12)9(11)7-8/h3-4,7H,2,5-6,12H2,1H3. The van der Waals surface area contributed by atoms with E-state index in [9.17, 15) is 12.8 Å². The van der Waals surface area contributed by atoms with Crippen LogP contribution in [-0.2, 0) is 9.84 Å². The van der Waals surface area contributed by atoms with Gasteiger partial charge in [0.15, 0.2) is 9.84 Å². The number of benzene rings is 1. The Bertz CT molecular complexity index is 460. The summed E-state index contributed by atoms with van der Waals surface area (Å²) in [5, 5.41) is 0. The molecule has 0 aromatic heterocycles. The Kier molecular flexibility index (Phi) is 4.61. The van der Waals surface area contributed by atoms with Gasteiger partial charge in [0.2, 0.25) is 0 Å².